The molecular formula is C45H34OP2. The second-order valence-electron chi connectivity index (χ2n) is 12.1. The summed E-state index contributed by atoms with van der Waals surface area (Å²) < 4.78 is 16.3. The predicted molar refractivity (Wildman–Crippen MR) is 212 cm³/mol. The summed E-state index contributed by atoms with van der Waals surface area (Å²) in [6, 6.07) is 67.4. The Labute approximate surface area is 282 Å². The van der Waals surface area contributed by atoms with E-state index in [0.717, 1.165) is 48.6 Å². The molecule has 0 atom stereocenters. The zero-order valence-electron chi connectivity index (χ0n) is 26.5. The van der Waals surface area contributed by atoms with Crippen LogP contribution in [0.5, 0.6) is 0 Å². The third-order valence-electron chi connectivity index (χ3n) is 9.45. The van der Waals surface area contributed by atoms with Crippen molar-refractivity contribution >= 4 is 73.7 Å². The Morgan fingerprint density at radius 1 is 0.333 bits per heavy atom. The third kappa shape index (κ3) is 4.91. The van der Waals surface area contributed by atoms with Crippen molar-refractivity contribution < 1.29 is 4.57 Å². The van der Waals surface area contributed by atoms with Crippen molar-refractivity contribution in [2.75, 3.05) is 0 Å². The van der Waals surface area contributed by atoms with E-state index in [1.807, 2.05) is 60.7 Å². The molecule has 230 valence electrons. The molecule has 0 aliphatic carbocycles. The average Bonchev–Trinajstić information content (AvgIpc) is 3.18. The molecule has 0 aliphatic heterocycles. The van der Waals surface area contributed by atoms with Crippen LogP contribution in [-0.4, -0.2) is 6.30 Å². The molecular weight excluding hydrogens is 618 g/mol. The summed E-state index contributed by atoms with van der Waals surface area (Å²) in [4.78, 5) is 0. The van der Waals surface area contributed by atoms with E-state index in [4.69, 9.17) is 6.30 Å². The van der Waals surface area contributed by atoms with Crippen LogP contribution in [0.25, 0.3) is 32.7 Å². The van der Waals surface area contributed by atoms with Gasteiger partial charge in [0.25, 0.3) is 0 Å². The normalized spacial score (nSPS) is 11.9. The topological polar surface area (TPSA) is 17.1 Å². The van der Waals surface area contributed by atoms with Crippen LogP contribution in [0.4, 0.5) is 0 Å². The first-order valence-electron chi connectivity index (χ1n) is 16.2. The van der Waals surface area contributed by atoms with E-state index in [0.29, 0.717) is 0 Å². The Morgan fingerprint density at radius 3 is 1.10 bits per heavy atom. The molecule has 0 unspecified atom stereocenters. The van der Waals surface area contributed by atoms with Crippen LogP contribution in [-0.2, 0) is 4.57 Å². The monoisotopic (exact) mass is 652 g/mol. The van der Waals surface area contributed by atoms with Crippen molar-refractivity contribution in [1.82, 2.24) is 0 Å². The van der Waals surface area contributed by atoms with Gasteiger partial charge in [0.05, 0.1) is 0 Å². The van der Waals surface area contributed by atoms with Crippen molar-refractivity contribution in [3.05, 3.63) is 194 Å². The van der Waals surface area contributed by atoms with Crippen LogP contribution in [0.2, 0.25) is 0 Å². The summed E-state index contributed by atoms with van der Waals surface area (Å²) >= 11 is 0. The van der Waals surface area contributed by atoms with E-state index in [2.05, 4.69) is 133 Å². The zero-order valence-corrected chi connectivity index (χ0v) is 28.3. The highest BCUT2D eigenvalue weighted by atomic mass is 31.2. The number of rotatable bonds is 7. The van der Waals surface area contributed by atoms with Crippen LogP contribution in [0.3, 0.4) is 0 Å². The maximum absolute atomic E-state index is 16.3. The molecule has 0 N–H and O–H groups in total. The molecule has 0 aliphatic rings. The molecule has 0 saturated heterocycles. The van der Waals surface area contributed by atoms with E-state index >= 15 is 4.57 Å². The Bertz CT molecular complexity index is 2220. The highest BCUT2D eigenvalue weighted by Gasteiger charge is 2.35. The Kier molecular flexibility index (Phi) is 7.82. The summed E-state index contributed by atoms with van der Waals surface area (Å²) in [6.45, 7) is -2.47. The molecule has 1 nitrogen and oxygen atoms in total. The van der Waals surface area contributed by atoms with Gasteiger partial charge in [0.15, 0.2) is 7.14 Å². The fourth-order valence-corrected chi connectivity index (χ4v) is 13.2. The Hall–Kier alpha value is -5.19. The summed E-state index contributed by atoms with van der Waals surface area (Å²) in [5.41, 5.74) is 2.11. The molecule has 8 aromatic rings. The molecule has 48 heavy (non-hydrogen) atoms. The summed E-state index contributed by atoms with van der Waals surface area (Å²) in [6.07, 6.45) is 5.20. The molecule has 0 heterocycles. The highest BCUT2D eigenvalue weighted by Crippen LogP contribution is 2.51. The van der Waals surface area contributed by atoms with Gasteiger partial charge in [0.2, 0.25) is 0 Å². The van der Waals surface area contributed by atoms with E-state index in [9.17, 15) is 0 Å². The summed E-state index contributed by atoms with van der Waals surface area (Å²) in [7, 11) is -3.39. The molecule has 0 radical (unpaired) electrons. The number of fused-ring (bicyclic) bond motifs is 2. The molecule has 0 fully saturated rings. The standard InChI is InChI=1S/C45H34OP2/c1-47(36-20-6-2-7-21-36,37-22-8-3-9-23-37)42-32-30-34-18-14-16-28-40(34)44(42)45-41-29-17-15-19-35(41)31-33-43(45)48(46,38-24-10-4-11-25-38)39-26-12-5-13-27-39/h2-33H,1H2. The minimum absolute atomic E-state index is 0.816. The van der Waals surface area contributed by atoms with Gasteiger partial charge in [-0.05, 0) is 56.0 Å². The van der Waals surface area contributed by atoms with Crippen molar-refractivity contribution in [2.45, 2.75) is 0 Å². The lowest BCUT2D eigenvalue weighted by Crippen LogP contribution is -2.30. The predicted octanol–water partition coefficient (Wildman–Crippen LogP) is 9.03. The van der Waals surface area contributed by atoms with Gasteiger partial charge in [-0.2, -0.15) is 0 Å². The molecule has 0 spiro atoms. The molecule has 0 aromatic heterocycles. The summed E-state index contributed by atoms with van der Waals surface area (Å²) in [5, 5.41) is 10.5. The molecule has 0 saturated carbocycles. The minimum Gasteiger partial charge on any atom is -0.309 e. The third-order valence-corrected chi connectivity index (χ3v) is 16.1. The molecule has 0 amide bonds. The smallest absolute Gasteiger partial charge is 0.171 e. The maximum Gasteiger partial charge on any atom is 0.171 e. The lowest BCUT2D eigenvalue weighted by atomic mass is 9.93. The van der Waals surface area contributed by atoms with Gasteiger partial charge in [0.1, 0.15) is 0 Å². The van der Waals surface area contributed by atoms with Crippen LogP contribution in [0, 0.1) is 0 Å². The van der Waals surface area contributed by atoms with Gasteiger partial charge >= 0.3 is 0 Å². The highest BCUT2D eigenvalue weighted by molar-refractivity contribution is 7.93. The minimum atomic E-state index is -3.39. The first-order chi connectivity index (χ1) is 23.6. The first-order valence-corrected chi connectivity index (χ1v) is 19.9. The Morgan fingerprint density at radius 2 is 0.667 bits per heavy atom. The van der Waals surface area contributed by atoms with Gasteiger partial charge in [-0.1, -0.05) is 194 Å². The molecule has 8 aromatic carbocycles. The Balaban J connectivity index is 1.59. The van der Waals surface area contributed by atoms with Crippen molar-refractivity contribution in [2.24, 2.45) is 0 Å². The van der Waals surface area contributed by atoms with Gasteiger partial charge in [-0.15, -0.1) is 0 Å². The quantitative estimate of drug-likeness (QED) is 0.157. The summed E-state index contributed by atoms with van der Waals surface area (Å²) in [5.74, 6) is 0. The lowest BCUT2D eigenvalue weighted by Gasteiger charge is -2.32. The van der Waals surface area contributed by atoms with Gasteiger partial charge in [-0.3, -0.25) is 0 Å². The lowest BCUT2D eigenvalue weighted by molar-refractivity contribution is 0.592. The molecule has 8 rings (SSSR count). The van der Waals surface area contributed by atoms with E-state index in [1.54, 1.807) is 0 Å². The number of benzene rings is 8. The van der Waals surface area contributed by atoms with Crippen molar-refractivity contribution in [3.63, 3.8) is 0 Å². The first kappa shape index (κ1) is 30.2. The molecule has 0 bridgehead atoms. The van der Waals surface area contributed by atoms with E-state index in [-0.39, 0.29) is 0 Å². The van der Waals surface area contributed by atoms with Crippen molar-refractivity contribution in [1.29, 1.82) is 0 Å². The largest absolute Gasteiger partial charge is 0.309 e. The fourth-order valence-electron chi connectivity index (χ4n) is 7.12. The second kappa shape index (κ2) is 12.4. The average molecular weight is 653 g/mol. The van der Waals surface area contributed by atoms with Gasteiger partial charge in [-0.25, -0.2) is 0 Å². The second-order valence-corrected chi connectivity index (χ2v) is 18.0. The van der Waals surface area contributed by atoms with Crippen molar-refractivity contribution in [3.8, 4) is 11.1 Å². The van der Waals surface area contributed by atoms with E-state index < -0.39 is 14.0 Å². The van der Waals surface area contributed by atoms with Crippen LogP contribution in [0.15, 0.2) is 194 Å². The van der Waals surface area contributed by atoms with E-state index in [1.165, 1.54) is 15.9 Å². The van der Waals surface area contributed by atoms with Gasteiger partial charge < -0.3 is 4.57 Å². The van der Waals surface area contributed by atoms with Crippen LogP contribution >= 0.6 is 14.0 Å². The molecule has 3 heteroatoms. The number of hydrogen-bond acceptors (Lipinski definition) is 1. The zero-order chi connectivity index (χ0) is 32.6. The van der Waals surface area contributed by atoms with Crippen LogP contribution in [0.1, 0.15) is 0 Å². The fraction of sp³-hybridized carbons (Fsp3) is 0. The number of hydrogen-bond donors (Lipinski definition) is 0. The van der Waals surface area contributed by atoms with Gasteiger partial charge in [0, 0.05) is 21.5 Å². The SMILES string of the molecule is C=P(c1ccccc1)(c1ccccc1)c1ccc2ccccc2c1-c1c(P(=O)(c2ccccc2)c2ccccc2)ccc2ccccc12. The maximum atomic E-state index is 16.3. The van der Waals surface area contributed by atoms with Crippen LogP contribution < -0.4 is 31.8 Å².